The van der Waals surface area contributed by atoms with Crippen molar-refractivity contribution in [2.45, 2.75) is 37.4 Å². The Morgan fingerprint density at radius 1 is 0.806 bits per heavy atom. The smallest absolute Gasteiger partial charge is 0.123 e. The molecule has 2 nitrogen and oxygen atoms in total. The van der Waals surface area contributed by atoms with E-state index in [-0.39, 0.29) is 29.6 Å². The summed E-state index contributed by atoms with van der Waals surface area (Å²) in [7, 11) is 0. The molecule has 0 saturated carbocycles. The van der Waals surface area contributed by atoms with Crippen molar-refractivity contribution >= 4 is 0 Å². The van der Waals surface area contributed by atoms with Gasteiger partial charge in [-0.15, -0.1) is 0 Å². The molecule has 3 saturated heterocycles. The highest BCUT2D eigenvalue weighted by molar-refractivity contribution is 5.36. The van der Waals surface area contributed by atoms with E-state index in [0.29, 0.717) is 5.92 Å². The maximum atomic E-state index is 14.2. The number of hydrogen-bond donors (Lipinski definition) is 1. The minimum Gasteiger partial charge on any atom is -0.308 e. The molecular formula is C27H28F2N2. The van der Waals surface area contributed by atoms with Crippen LogP contribution in [0.4, 0.5) is 8.78 Å². The molecule has 0 radical (unpaired) electrons. The number of nitrogens with one attached hydrogen (secondary N) is 1. The lowest BCUT2D eigenvalue weighted by atomic mass is 9.70. The largest absolute Gasteiger partial charge is 0.308 e. The van der Waals surface area contributed by atoms with Crippen LogP contribution in [0.3, 0.4) is 0 Å². The summed E-state index contributed by atoms with van der Waals surface area (Å²) in [4.78, 5) is 2.53. The Kier molecular flexibility index (Phi) is 5.84. The Morgan fingerprint density at radius 3 is 2.00 bits per heavy atom. The first-order chi connectivity index (χ1) is 15.2. The van der Waals surface area contributed by atoms with E-state index < -0.39 is 0 Å². The molecule has 160 valence electrons. The van der Waals surface area contributed by atoms with Crippen LogP contribution in [-0.4, -0.2) is 30.1 Å². The van der Waals surface area contributed by atoms with Crippen molar-refractivity contribution in [3.8, 4) is 0 Å². The van der Waals surface area contributed by atoms with Crippen LogP contribution in [0.2, 0.25) is 0 Å². The monoisotopic (exact) mass is 418 g/mol. The zero-order valence-corrected chi connectivity index (χ0v) is 17.6. The van der Waals surface area contributed by atoms with Crippen molar-refractivity contribution < 1.29 is 8.78 Å². The molecule has 3 aromatic carbocycles. The van der Waals surface area contributed by atoms with Gasteiger partial charge < -0.3 is 5.32 Å². The number of nitrogens with zero attached hydrogens (tertiary/aromatic N) is 1. The van der Waals surface area contributed by atoms with E-state index >= 15 is 0 Å². The van der Waals surface area contributed by atoms with E-state index in [0.717, 1.165) is 30.8 Å². The van der Waals surface area contributed by atoms with Gasteiger partial charge in [0, 0.05) is 24.5 Å². The number of rotatable bonds is 6. The minimum atomic E-state index is -0.247. The molecule has 3 aromatic rings. The molecule has 0 unspecified atom stereocenters. The molecule has 3 aliphatic rings. The second-order valence-corrected chi connectivity index (χ2v) is 8.84. The lowest BCUT2D eigenvalue weighted by Crippen LogP contribution is -2.64. The third-order valence-electron chi connectivity index (χ3n) is 7.01. The maximum absolute atomic E-state index is 14.2. The lowest BCUT2D eigenvalue weighted by Gasteiger charge is -2.54. The predicted octanol–water partition coefficient (Wildman–Crippen LogP) is 5.35. The van der Waals surface area contributed by atoms with Gasteiger partial charge in [0.25, 0.3) is 0 Å². The molecular weight excluding hydrogens is 390 g/mol. The molecule has 1 N–H and O–H groups in total. The zero-order chi connectivity index (χ0) is 21.2. The summed E-state index contributed by atoms with van der Waals surface area (Å²) in [5.74, 6) is -0.0153. The summed E-state index contributed by atoms with van der Waals surface area (Å²) in [6.07, 6.45) is 2.34. The van der Waals surface area contributed by atoms with Crippen LogP contribution in [0, 0.1) is 17.6 Å². The van der Waals surface area contributed by atoms with Crippen LogP contribution in [0.5, 0.6) is 0 Å². The van der Waals surface area contributed by atoms with Gasteiger partial charge in [0.1, 0.15) is 11.6 Å². The van der Waals surface area contributed by atoms with Gasteiger partial charge in [-0.05, 0) is 72.8 Å². The Morgan fingerprint density at radius 2 is 1.42 bits per heavy atom. The summed E-state index contributed by atoms with van der Waals surface area (Å²) in [5.41, 5.74) is 3.08. The quantitative estimate of drug-likeness (QED) is 0.581. The standard InChI is InChI=1S/C27H28F2N2/c28-23-10-4-8-21(16-23)25(22-9-5-11-24(29)17-22)27-26(20-12-14-31(27)15-13-20)30-18-19-6-2-1-3-7-19/h1-11,16-17,20,25-27,30H,12-15,18H2/t26-,27+/m1/s1. The molecule has 31 heavy (non-hydrogen) atoms. The number of hydrogen-bond acceptors (Lipinski definition) is 2. The van der Waals surface area contributed by atoms with Crippen molar-refractivity contribution in [1.82, 2.24) is 10.2 Å². The summed E-state index contributed by atoms with van der Waals surface area (Å²) < 4.78 is 28.5. The van der Waals surface area contributed by atoms with Crippen molar-refractivity contribution in [2.75, 3.05) is 13.1 Å². The van der Waals surface area contributed by atoms with E-state index in [1.165, 1.54) is 30.5 Å². The van der Waals surface area contributed by atoms with E-state index in [1.54, 1.807) is 24.3 Å². The maximum Gasteiger partial charge on any atom is 0.123 e. The van der Waals surface area contributed by atoms with Gasteiger partial charge in [-0.25, -0.2) is 8.78 Å². The van der Waals surface area contributed by atoms with Gasteiger partial charge in [0.15, 0.2) is 0 Å². The van der Waals surface area contributed by atoms with Gasteiger partial charge in [0.2, 0.25) is 0 Å². The lowest BCUT2D eigenvalue weighted by molar-refractivity contribution is 0.00462. The molecule has 3 heterocycles. The summed E-state index contributed by atoms with van der Waals surface area (Å²) >= 11 is 0. The summed E-state index contributed by atoms with van der Waals surface area (Å²) in [6.45, 7) is 2.88. The first-order valence-corrected chi connectivity index (χ1v) is 11.2. The van der Waals surface area contributed by atoms with E-state index in [9.17, 15) is 8.78 Å². The molecule has 4 heteroatoms. The van der Waals surface area contributed by atoms with Crippen LogP contribution >= 0.6 is 0 Å². The minimum absolute atomic E-state index is 0.0947. The molecule has 0 aliphatic carbocycles. The van der Waals surface area contributed by atoms with Crippen LogP contribution in [0.25, 0.3) is 0 Å². The zero-order valence-electron chi connectivity index (χ0n) is 17.6. The molecule has 3 fully saturated rings. The topological polar surface area (TPSA) is 15.3 Å². The van der Waals surface area contributed by atoms with Gasteiger partial charge in [0.05, 0.1) is 0 Å². The Balaban J connectivity index is 1.53. The molecule has 0 aromatic heterocycles. The highest BCUT2D eigenvalue weighted by atomic mass is 19.1. The molecule has 3 aliphatic heterocycles. The SMILES string of the molecule is Fc1cccc(C(c2cccc(F)c2)[C@H]2[C@H](NCc3ccccc3)C3CCN2CC3)c1. The second-order valence-electron chi connectivity index (χ2n) is 8.84. The molecule has 6 rings (SSSR count). The average molecular weight is 419 g/mol. The van der Waals surface area contributed by atoms with E-state index in [1.807, 2.05) is 18.2 Å². The van der Waals surface area contributed by atoms with Gasteiger partial charge in [-0.1, -0.05) is 54.6 Å². The highest BCUT2D eigenvalue weighted by Gasteiger charge is 2.46. The highest BCUT2D eigenvalue weighted by Crippen LogP contribution is 2.42. The van der Waals surface area contributed by atoms with E-state index in [4.69, 9.17) is 0 Å². The fraction of sp³-hybridized carbons (Fsp3) is 0.333. The average Bonchev–Trinajstić information content (AvgIpc) is 2.80. The number of piperidine rings is 3. The fourth-order valence-electron chi connectivity index (χ4n) is 5.61. The third-order valence-corrected chi connectivity index (χ3v) is 7.01. The second kappa shape index (κ2) is 8.89. The first-order valence-electron chi connectivity index (χ1n) is 11.2. The van der Waals surface area contributed by atoms with Gasteiger partial charge >= 0.3 is 0 Å². The first kappa shape index (κ1) is 20.3. The van der Waals surface area contributed by atoms with Crippen molar-refractivity contribution in [3.05, 3.63) is 107 Å². The van der Waals surface area contributed by atoms with Crippen molar-refractivity contribution in [1.29, 1.82) is 0 Å². The Bertz CT molecular complexity index is 969. The Hall–Kier alpha value is -2.56. The summed E-state index contributed by atoms with van der Waals surface area (Å²) in [5, 5.41) is 3.84. The van der Waals surface area contributed by atoms with Crippen molar-refractivity contribution in [2.24, 2.45) is 5.92 Å². The van der Waals surface area contributed by atoms with E-state index in [2.05, 4.69) is 34.5 Å². The fourth-order valence-corrected chi connectivity index (χ4v) is 5.61. The van der Waals surface area contributed by atoms with Crippen LogP contribution in [0.15, 0.2) is 78.9 Å². The third kappa shape index (κ3) is 4.28. The molecule has 0 spiro atoms. The van der Waals surface area contributed by atoms with Gasteiger partial charge in [-0.3, -0.25) is 4.90 Å². The van der Waals surface area contributed by atoms with Crippen LogP contribution < -0.4 is 5.32 Å². The number of fused-ring (bicyclic) bond motifs is 3. The number of halogens is 2. The predicted molar refractivity (Wildman–Crippen MR) is 120 cm³/mol. The van der Waals surface area contributed by atoms with Crippen molar-refractivity contribution in [3.63, 3.8) is 0 Å². The molecule has 2 atom stereocenters. The van der Waals surface area contributed by atoms with Crippen LogP contribution in [0.1, 0.15) is 35.4 Å². The normalized spacial score (nSPS) is 25.1. The molecule has 0 amide bonds. The summed E-state index contributed by atoms with van der Waals surface area (Å²) in [6, 6.07) is 24.5. The van der Waals surface area contributed by atoms with Crippen LogP contribution in [-0.2, 0) is 6.54 Å². The number of benzene rings is 3. The Labute approximate surface area is 182 Å². The molecule has 2 bridgehead atoms. The van der Waals surface area contributed by atoms with Gasteiger partial charge in [-0.2, -0.15) is 0 Å².